The molecular weight excluding hydrogens is 262 g/mol. The summed E-state index contributed by atoms with van der Waals surface area (Å²) in [6, 6.07) is 0. The second-order valence-electron chi connectivity index (χ2n) is 4.19. The Morgan fingerprint density at radius 2 is 2.17 bits per heavy atom. The first-order valence-corrected chi connectivity index (χ1v) is 6.30. The van der Waals surface area contributed by atoms with Gasteiger partial charge in [-0.05, 0) is 12.8 Å². The van der Waals surface area contributed by atoms with Gasteiger partial charge < -0.3 is 20.1 Å². The Balaban J connectivity index is 2.14. The predicted octanol–water partition coefficient (Wildman–Crippen LogP) is -0.939. The zero-order chi connectivity index (χ0) is 13.1. The van der Waals surface area contributed by atoms with E-state index in [-0.39, 0.29) is 6.61 Å². The number of aryl methyl sites for hydroxylation is 1. The summed E-state index contributed by atoms with van der Waals surface area (Å²) in [5, 5.41) is 36.2. The van der Waals surface area contributed by atoms with Crippen molar-refractivity contribution in [1.29, 1.82) is 0 Å². The van der Waals surface area contributed by atoms with Crippen molar-refractivity contribution >= 4 is 11.6 Å². The molecule has 0 unspecified atom stereocenters. The highest BCUT2D eigenvalue weighted by Gasteiger charge is 2.44. The lowest BCUT2D eigenvalue weighted by Crippen LogP contribution is -2.33. The smallest absolute Gasteiger partial charge is 0.181 e. The molecule has 0 amide bonds. The van der Waals surface area contributed by atoms with Gasteiger partial charge in [0.1, 0.15) is 18.3 Å². The van der Waals surface area contributed by atoms with Gasteiger partial charge in [-0.2, -0.15) is 0 Å². The van der Waals surface area contributed by atoms with Crippen molar-refractivity contribution in [2.24, 2.45) is 0 Å². The molecule has 1 fully saturated rings. The van der Waals surface area contributed by atoms with E-state index >= 15 is 0 Å². The third-order valence-corrected chi connectivity index (χ3v) is 3.24. The van der Waals surface area contributed by atoms with E-state index in [0.717, 1.165) is 12.1 Å². The number of alkyl halides is 1. The molecule has 0 saturated carbocycles. The summed E-state index contributed by atoms with van der Waals surface area (Å²) in [6.07, 6.45) is -0.933. The number of ether oxygens (including phenoxy) is 1. The third-order valence-electron chi connectivity index (χ3n) is 2.97. The van der Waals surface area contributed by atoms with E-state index in [4.69, 9.17) is 21.4 Å². The van der Waals surface area contributed by atoms with Gasteiger partial charge in [-0.3, -0.25) is 0 Å². The average molecular weight is 278 g/mol. The minimum Gasteiger partial charge on any atom is -0.394 e. The molecule has 7 nitrogen and oxygen atoms in total. The maximum absolute atomic E-state index is 9.88. The van der Waals surface area contributed by atoms with Crippen molar-refractivity contribution in [3.05, 3.63) is 11.9 Å². The van der Waals surface area contributed by atoms with Crippen LogP contribution in [0.3, 0.4) is 0 Å². The summed E-state index contributed by atoms with van der Waals surface area (Å²) >= 11 is 5.62. The normalized spacial score (nSPS) is 32.0. The fourth-order valence-corrected chi connectivity index (χ4v) is 2.12. The lowest BCUT2D eigenvalue weighted by atomic mass is 10.1. The summed E-state index contributed by atoms with van der Waals surface area (Å²) in [5.41, 5.74) is 0.769. The molecule has 0 aromatic carbocycles. The van der Waals surface area contributed by atoms with Gasteiger partial charge in [0.2, 0.25) is 0 Å². The van der Waals surface area contributed by atoms with Crippen LogP contribution in [0.4, 0.5) is 0 Å². The van der Waals surface area contributed by atoms with Gasteiger partial charge in [-0.1, -0.05) is 5.21 Å². The molecule has 3 N–H and O–H groups in total. The van der Waals surface area contributed by atoms with E-state index in [2.05, 4.69) is 10.3 Å². The maximum Gasteiger partial charge on any atom is 0.181 e. The predicted molar refractivity (Wildman–Crippen MR) is 62.1 cm³/mol. The molecule has 18 heavy (non-hydrogen) atoms. The fourth-order valence-electron chi connectivity index (χ4n) is 1.99. The van der Waals surface area contributed by atoms with Crippen LogP contribution in [-0.4, -0.2) is 61.1 Å². The number of hydrogen-bond donors (Lipinski definition) is 3. The van der Waals surface area contributed by atoms with Crippen molar-refractivity contribution in [1.82, 2.24) is 15.0 Å². The van der Waals surface area contributed by atoms with Crippen LogP contribution < -0.4 is 0 Å². The Kier molecular flexibility index (Phi) is 4.52. The topological polar surface area (TPSA) is 101 Å². The number of halogens is 1. The lowest BCUT2D eigenvalue weighted by Gasteiger charge is -2.16. The molecule has 2 rings (SSSR count). The molecule has 0 spiro atoms. The fraction of sp³-hybridized carbons (Fsp3) is 0.800. The number of aliphatic hydroxyl groups excluding tert-OH is 3. The number of aliphatic hydroxyl groups is 3. The molecule has 1 aromatic heterocycles. The maximum atomic E-state index is 9.88. The highest BCUT2D eigenvalue weighted by atomic mass is 35.5. The summed E-state index contributed by atoms with van der Waals surface area (Å²) in [4.78, 5) is 0. The monoisotopic (exact) mass is 277 g/mol. The van der Waals surface area contributed by atoms with Crippen molar-refractivity contribution in [3.63, 3.8) is 0 Å². The molecule has 1 saturated heterocycles. The lowest BCUT2D eigenvalue weighted by molar-refractivity contribution is -0.0606. The first kappa shape index (κ1) is 13.7. The van der Waals surface area contributed by atoms with E-state index in [1.807, 2.05) is 0 Å². The number of aromatic nitrogens is 3. The first-order valence-electron chi connectivity index (χ1n) is 5.76. The second kappa shape index (κ2) is 5.94. The average Bonchev–Trinajstić information content (AvgIpc) is 2.94. The van der Waals surface area contributed by atoms with Gasteiger partial charge in [0, 0.05) is 5.88 Å². The highest BCUT2D eigenvalue weighted by molar-refractivity contribution is 6.17. The molecule has 1 aliphatic heterocycles. The van der Waals surface area contributed by atoms with E-state index in [0.29, 0.717) is 12.3 Å². The molecule has 0 aliphatic carbocycles. The van der Waals surface area contributed by atoms with Crippen LogP contribution in [0.15, 0.2) is 6.20 Å². The Labute approximate surface area is 109 Å². The Morgan fingerprint density at radius 3 is 2.78 bits per heavy atom. The van der Waals surface area contributed by atoms with Crippen molar-refractivity contribution in [2.45, 2.75) is 37.4 Å². The van der Waals surface area contributed by atoms with Crippen LogP contribution in [0.5, 0.6) is 0 Å². The van der Waals surface area contributed by atoms with Crippen LogP contribution in [0.2, 0.25) is 0 Å². The van der Waals surface area contributed by atoms with Gasteiger partial charge in [0.15, 0.2) is 6.23 Å². The minimum atomic E-state index is -1.14. The summed E-state index contributed by atoms with van der Waals surface area (Å²) in [6.45, 7) is -0.361. The summed E-state index contributed by atoms with van der Waals surface area (Å²) < 4.78 is 6.80. The van der Waals surface area contributed by atoms with Crippen LogP contribution in [0.1, 0.15) is 18.3 Å². The molecule has 0 radical (unpaired) electrons. The van der Waals surface area contributed by atoms with Crippen molar-refractivity contribution in [3.8, 4) is 0 Å². The van der Waals surface area contributed by atoms with E-state index in [1.54, 1.807) is 6.20 Å². The molecule has 1 aromatic rings. The number of hydrogen-bond acceptors (Lipinski definition) is 6. The zero-order valence-corrected chi connectivity index (χ0v) is 10.4. The molecule has 0 bridgehead atoms. The Morgan fingerprint density at radius 1 is 1.39 bits per heavy atom. The molecular formula is C10H16ClN3O4. The van der Waals surface area contributed by atoms with Crippen molar-refractivity contribution in [2.75, 3.05) is 12.5 Å². The van der Waals surface area contributed by atoms with Crippen LogP contribution in [0, 0.1) is 0 Å². The summed E-state index contributed by atoms with van der Waals surface area (Å²) in [7, 11) is 0. The van der Waals surface area contributed by atoms with Gasteiger partial charge in [-0.25, -0.2) is 4.68 Å². The number of rotatable bonds is 5. The van der Waals surface area contributed by atoms with E-state index in [9.17, 15) is 10.2 Å². The van der Waals surface area contributed by atoms with Crippen LogP contribution >= 0.6 is 11.6 Å². The zero-order valence-electron chi connectivity index (χ0n) is 9.68. The van der Waals surface area contributed by atoms with E-state index < -0.39 is 24.5 Å². The molecule has 8 heteroatoms. The quantitative estimate of drug-likeness (QED) is 0.601. The van der Waals surface area contributed by atoms with Gasteiger partial charge >= 0.3 is 0 Å². The standard InChI is InChI=1S/C10H16ClN3O4/c11-3-1-2-6-4-12-13-14(6)10-9(17)8(16)7(5-15)18-10/h4,7-10,15-17H,1-3,5H2/t7-,8-,9-,10-/m1/s1. The van der Waals surface area contributed by atoms with Gasteiger partial charge in [0.25, 0.3) is 0 Å². The molecule has 102 valence electrons. The van der Waals surface area contributed by atoms with Crippen LogP contribution in [0.25, 0.3) is 0 Å². The van der Waals surface area contributed by atoms with Gasteiger partial charge in [-0.15, -0.1) is 16.7 Å². The Hall–Kier alpha value is -0.730. The number of nitrogens with zero attached hydrogens (tertiary/aromatic N) is 3. The van der Waals surface area contributed by atoms with Gasteiger partial charge in [0.05, 0.1) is 18.5 Å². The third kappa shape index (κ3) is 2.50. The van der Waals surface area contributed by atoms with Crippen LogP contribution in [-0.2, 0) is 11.2 Å². The summed E-state index contributed by atoms with van der Waals surface area (Å²) in [5.74, 6) is 0.515. The second-order valence-corrected chi connectivity index (χ2v) is 4.57. The highest BCUT2D eigenvalue weighted by Crippen LogP contribution is 2.29. The minimum absolute atomic E-state index is 0.361. The largest absolute Gasteiger partial charge is 0.394 e. The molecule has 1 aliphatic rings. The van der Waals surface area contributed by atoms with E-state index in [1.165, 1.54) is 4.68 Å². The van der Waals surface area contributed by atoms with Crippen molar-refractivity contribution < 1.29 is 20.1 Å². The molecule has 2 heterocycles. The SMILES string of the molecule is OC[C@H]1O[C@@H](n2nncc2CCCCl)[C@H](O)[C@@H]1O. The first-order chi connectivity index (χ1) is 8.69. The Bertz CT molecular complexity index is 389. The molecule has 4 atom stereocenters.